The maximum atomic E-state index is 12.7. The number of fused-ring (bicyclic) bond motifs is 2. The van der Waals surface area contributed by atoms with E-state index in [0.717, 1.165) is 25.7 Å². The zero-order chi connectivity index (χ0) is 48.4. The summed E-state index contributed by atoms with van der Waals surface area (Å²) in [5, 5.41) is 130. The monoisotopic (exact) mass is 947 g/mol. The normalized spacial score (nSPS) is 55.3. The van der Waals surface area contributed by atoms with Crippen LogP contribution in [0.25, 0.3) is 0 Å². The van der Waals surface area contributed by atoms with E-state index in [4.69, 9.17) is 28.4 Å². The van der Waals surface area contributed by atoms with Gasteiger partial charge in [-0.05, 0) is 116 Å². The molecule has 2 spiro atoms. The second-order valence-electron chi connectivity index (χ2n) is 23.5. The summed E-state index contributed by atoms with van der Waals surface area (Å²) in [4.78, 5) is 0. The summed E-state index contributed by atoms with van der Waals surface area (Å²) < 4.78 is 36.6. The molecule has 0 radical (unpaired) electrons. The van der Waals surface area contributed by atoms with Crippen molar-refractivity contribution in [2.45, 2.75) is 230 Å². The van der Waals surface area contributed by atoms with E-state index < -0.39 is 141 Å². The molecule has 18 heteroatoms. The van der Waals surface area contributed by atoms with Crippen molar-refractivity contribution in [1.29, 1.82) is 0 Å². The molecular formula is C48H82O18. The third-order valence-corrected chi connectivity index (χ3v) is 19.8. The van der Waals surface area contributed by atoms with Crippen LogP contribution in [0.15, 0.2) is 0 Å². The van der Waals surface area contributed by atoms with Crippen molar-refractivity contribution in [2.75, 3.05) is 13.2 Å². The molecule has 27 atom stereocenters. The molecule has 3 saturated heterocycles. The van der Waals surface area contributed by atoms with Gasteiger partial charge in [-0.3, -0.25) is 0 Å². The molecule has 8 fully saturated rings. The molecule has 8 aliphatic rings. The lowest BCUT2D eigenvalue weighted by Crippen LogP contribution is -2.65. The van der Waals surface area contributed by atoms with Crippen LogP contribution in [-0.4, -0.2) is 191 Å². The molecule has 3 heterocycles. The minimum Gasteiger partial charge on any atom is -0.394 e. The molecule has 3 aliphatic heterocycles. The molecule has 0 amide bonds. The molecule has 66 heavy (non-hydrogen) atoms. The summed E-state index contributed by atoms with van der Waals surface area (Å²) >= 11 is 0. The Hall–Kier alpha value is -0.720. The van der Waals surface area contributed by atoms with Gasteiger partial charge in [-0.2, -0.15) is 0 Å². The van der Waals surface area contributed by atoms with Crippen LogP contribution < -0.4 is 0 Å². The molecule has 5 aliphatic carbocycles. The molecule has 0 aromatic heterocycles. The Balaban J connectivity index is 0.969. The van der Waals surface area contributed by atoms with E-state index in [1.54, 1.807) is 0 Å². The van der Waals surface area contributed by atoms with Gasteiger partial charge in [0, 0.05) is 5.41 Å². The van der Waals surface area contributed by atoms with Gasteiger partial charge in [0.15, 0.2) is 18.9 Å². The lowest BCUT2D eigenvalue weighted by molar-refractivity contribution is -0.375. The largest absolute Gasteiger partial charge is 0.394 e. The lowest BCUT2D eigenvalue weighted by atomic mass is 9.41. The van der Waals surface area contributed by atoms with Gasteiger partial charge in [0.2, 0.25) is 0 Å². The van der Waals surface area contributed by atoms with Crippen molar-refractivity contribution >= 4 is 0 Å². The van der Waals surface area contributed by atoms with Crippen molar-refractivity contribution in [3.8, 4) is 0 Å². The van der Waals surface area contributed by atoms with E-state index in [9.17, 15) is 61.3 Å². The molecular weight excluding hydrogens is 865 g/mol. The molecule has 0 aromatic carbocycles. The minimum atomic E-state index is -1.68. The second kappa shape index (κ2) is 18.4. The van der Waals surface area contributed by atoms with Gasteiger partial charge in [0.05, 0.1) is 43.7 Å². The predicted molar refractivity (Wildman–Crippen MR) is 231 cm³/mol. The number of aliphatic hydroxyl groups excluding tert-OH is 12. The van der Waals surface area contributed by atoms with Crippen molar-refractivity contribution < 1.29 is 89.7 Å². The molecule has 0 bridgehead atoms. The molecule has 8 rings (SSSR count). The topological polar surface area (TPSA) is 298 Å². The quantitative estimate of drug-likeness (QED) is 0.105. The summed E-state index contributed by atoms with van der Waals surface area (Å²) in [5.74, 6) is 0.214. The van der Waals surface area contributed by atoms with E-state index in [0.29, 0.717) is 32.1 Å². The van der Waals surface area contributed by atoms with Crippen molar-refractivity contribution in [2.24, 2.45) is 56.7 Å². The Morgan fingerprint density at radius 1 is 0.606 bits per heavy atom. The average molecular weight is 947 g/mol. The molecule has 2 unspecified atom stereocenters. The highest BCUT2D eigenvalue weighted by molar-refractivity contribution is 5.32. The van der Waals surface area contributed by atoms with E-state index in [1.165, 1.54) is 6.92 Å². The van der Waals surface area contributed by atoms with Crippen LogP contribution in [0.1, 0.15) is 113 Å². The Bertz CT molecular complexity index is 1690. The van der Waals surface area contributed by atoms with Gasteiger partial charge in [0.25, 0.3) is 0 Å². The third-order valence-electron chi connectivity index (χ3n) is 19.8. The van der Waals surface area contributed by atoms with Gasteiger partial charge in [0.1, 0.15) is 67.1 Å². The maximum Gasteiger partial charge on any atom is 0.187 e. The van der Waals surface area contributed by atoms with Gasteiger partial charge in [-0.1, -0.05) is 48.5 Å². The molecule has 18 nitrogen and oxygen atoms in total. The molecule has 382 valence electrons. The first kappa shape index (κ1) is 51.6. The van der Waals surface area contributed by atoms with Crippen LogP contribution in [0.5, 0.6) is 0 Å². The summed E-state index contributed by atoms with van der Waals surface area (Å²) in [7, 11) is 0. The van der Waals surface area contributed by atoms with Crippen molar-refractivity contribution in [3.05, 3.63) is 0 Å². The fraction of sp³-hybridized carbons (Fsp3) is 1.00. The molecule has 0 aromatic rings. The van der Waals surface area contributed by atoms with Crippen LogP contribution in [0.3, 0.4) is 0 Å². The summed E-state index contributed by atoms with van der Waals surface area (Å²) in [6, 6.07) is 0. The first-order chi connectivity index (χ1) is 30.9. The third kappa shape index (κ3) is 7.81. The molecule has 5 saturated carbocycles. The Kier molecular flexibility index (Phi) is 14.4. The smallest absolute Gasteiger partial charge is 0.187 e. The maximum absolute atomic E-state index is 12.7. The average Bonchev–Trinajstić information content (AvgIpc) is 3.86. The van der Waals surface area contributed by atoms with Gasteiger partial charge < -0.3 is 89.7 Å². The SMILES string of the molecule is CC(C)C(CC[C@@H](C)[C@H]1[C@@H](O)C[C@@]2(C)[C@@H]3CC[C@H]4C(C)(C)[C@@H](O[C@@H]5O[C@H](CO)[C@@H](O)[C@H](O)[C@H]5O[C@@H]5O[C@@H](C)[C@H](O)[C@@H](O)[C@H]5O)CC[C@@]45C[C@@]35CC(O)[C@]12C)O[C@@H]1O[C@H](CO)[C@@H](O)[C@H](O)[C@H]1O. The zero-order valence-corrected chi connectivity index (χ0v) is 40.0. The lowest BCUT2D eigenvalue weighted by Gasteiger charge is -2.64. The highest BCUT2D eigenvalue weighted by Crippen LogP contribution is 2.89. The highest BCUT2D eigenvalue weighted by Gasteiger charge is 2.84. The Morgan fingerprint density at radius 3 is 1.83 bits per heavy atom. The van der Waals surface area contributed by atoms with Gasteiger partial charge in [-0.25, -0.2) is 0 Å². The first-order valence-corrected chi connectivity index (χ1v) is 24.8. The number of rotatable bonds is 13. The van der Waals surface area contributed by atoms with Crippen LogP contribution in [0, 0.1) is 56.7 Å². The van der Waals surface area contributed by atoms with Crippen molar-refractivity contribution in [3.63, 3.8) is 0 Å². The first-order valence-electron chi connectivity index (χ1n) is 24.8. The zero-order valence-electron chi connectivity index (χ0n) is 40.0. The standard InChI is InChI=1S/C48H82O18/c1-20(2)24(62-42-39(60)36(57)33(54)25(17-49)63-42)10-9-21(3)31-23(51)15-45(7)28-12-11-27-44(5,6)30(13-14-47(27)19-48(28,47)16-29(52)46(31,45)8)65-43-40(37(58)34(55)26(18-50)64-43)66-41-38(59)35(56)32(53)22(4)61-41/h20-43,49-60H,9-19H2,1-8H3/t21-,22+,23+,24?,25-,26-,27+,28+,29?,30+,31+,32+,33-,34-,35-,36+,37+,38-,39-,40-,41+,42-,43+,45+,46-,47-,48+/m1/s1. The number of ether oxygens (including phenoxy) is 6. The minimum absolute atomic E-state index is 0.00753. The van der Waals surface area contributed by atoms with Crippen LogP contribution in [-0.2, 0) is 28.4 Å². The Morgan fingerprint density at radius 2 is 1.20 bits per heavy atom. The van der Waals surface area contributed by atoms with Crippen LogP contribution in [0.4, 0.5) is 0 Å². The second-order valence-corrected chi connectivity index (χ2v) is 23.5. The van der Waals surface area contributed by atoms with E-state index >= 15 is 0 Å². The van der Waals surface area contributed by atoms with Gasteiger partial charge in [-0.15, -0.1) is 0 Å². The predicted octanol–water partition coefficient (Wildman–Crippen LogP) is -0.339. The van der Waals surface area contributed by atoms with E-state index in [2.05, 4.69) is 34.6 Å². The highest BCUT2D eigenvalue weighted by atomic mass is 16.8. The van der Waals surface area contributed by atoms with Crippen molar-refractivity contribution in [1.82, 2.24) is 0 Å². The number of hydrogen-bond donors (Lipinski definition) is 12. The Labute approximate surface area is 388 Å². The van der Waals surface area contributed by atoms with E-state index in [1.807, 2.05) is 13.8 Å². The van der Waals surface area contributed by atoms with Gasteiger partial charge >= 0.3 is 0 Å². The number of hydrogen-bond acceptors (Lipinski definition) is 18. The summed E-state index contributed by atoms with van der Waals surface area (Å²) in [5.41, 5.74) is -1.63. The number of aliphatic hydroxyl groups is 12. The van der Waals surface area contributed by atoms with E-state index in [-0.39, 0.29) is 45.8 Å². The fourth-order valence-electron chi connectivity index (χ4n) is 16.0. The van der Waals surface area contributed by atoms with Crippen LogP contribution >= 0.6 is 0 Å². The summed E-state index contributed by atoms with van der Waals surface area (Å²) in [6.45, 7) is 15.3. The molecule has 12 N–H and O–H groups in total. The fourth-order valence-corrected chi connectivity index (χ4v) is 16.0. The van der Waals surface area contributed by atoms with Crippen LogP contribution in [0.2, 0.25) is 0 Å². The summed E-state index contributed by atoms with van der Waals surface area (Å²) in [6.07, 6.45) is -16.5.